The molecule has 0 aliphatic carbocycles. The fourth-order valence-electron chi connectivity index (χ4n) is 1.20. The zero-order valence-electron chi connectivity index (χ0n) is 8.46. The van der Waals surface area contributed by atoms with E-state index in [4.69, 9.17) is 27.9 Å². The maximum Gasteiger partial charge on any atom is 0.138 e. The van der Waals surface area contributed by atoms with Gasteiger partial charge in [-0.05, 0) is 12.3 Å². The van der Waals surface area contributed by atoms with Crippen LogP contribution >= 0.6 is 35.0 Å². The van der Waals surface area contributed by atoms with Crippen LogP contribution in [-0.2, 0) is 0 Å². The van der Waals surface area contributed by atoms with Crippen LogP contribution in [-0.4, -0.2) is 24.2 Å². The monoisotopic (exact) mass is 266 g/mol. The van der Waals surface area contributed by atoms with Crippen molar-refractivity contribution >= 4 is 35.0 Å². The van der Waals surface area contributed by atoms with E-state index in [0.717, 1.165) is 0 Å². The summed E-state index contributed by atoms with van der Waals surface area (Å²) in [4.78, 5) is 0. The first-order valence-corrected chi connectivity index (χ1v) is 6.45. The van der Waals surface area contributed by atoms with E-state index in [9.17, 15) is 5.11 Å². The third-order valence-corrected chi connectivity index (χ3v) is 3.23. The van der Waals surface area contributed by atoms with E-state index < -0.39 is 6.10 Å². The molecule has 0 bridgehead atoms. The Balaban J connectivity index is 3.04. The summed E-state index contributed by atoms with van der Waals surface area (Å²) in [5.74, 6) is 1.10. The number of aliphatic hydroxyl groups excluding tert-OH is 1. The third-order valence-electron chi connectivity index (χ3n) is 1.95. The number of benzene rings is 1. The number of methoxy groups -OCH3 is 1. The average Bonchev–Trinajstić information content (AvgIpc) is 2.21. The molecule has 1 unspecified atom stereocenters. The summed E-state index contributed by atoms with van der Waals surface area (Å²) < 4.78 is 5.02. The van der Waals surface area contributed by atoms with E-state index in [0.29, 0.717) is 27.1 Å². The standard InChI is InChI=1S/C10H12Cl2O2S/c1-14-10-4-7(11)6(3-8(10)12)9(13)5-15-2/h3-4,9,13H,5H2,1-2H3. The number of hydrogen-bond acceptors (Lipinski definition) is 3. The molecule has 0 aliphatic heterocycles. The molecule has 1 aromatic rings. The molecule has 1 atom stereocenters. The van der Waals surface area contributed by atoms with E-state index >= 15 is 0 Å². The zero-order chi connectivity index (χ0) is 11.4. The maximum atomic E-state index is 9.78. The lowest BCUT2D eigenvalue weighted by Crippen LogP contribution is -2.01. The Morgan fingerprint density at radius 3 is 2.60 bits per heavy atom. The topological polar surface area (TPSA) is 29.5 Å². The molecule has 0 fully saturated rings. The zero-order valence-corrected chi connectivity index (χ0v) is 10.8. The minimum atomic E-state index is -0.601. The molecule has 0 saturated carbocycles. The van der Waals surface area contributed by atoms with Gasteiger partial charge in [0, 0.05) is 17.4 Å². The van der Waals surface area contributed by atoms with Gasteiger partial charge in [0.1, 0.15) is 5.75 Å². The summed E-state index contributed by atoms with van der Waals surface area (Å²) in [6.45, 7) is 0. The van der Waals surface area contributed by atoms with Gasteiger partial charge in [0.25, 0.3) is 0 Å². The summed E-state index contributed by atoms with van der Waals surface area (Å²) in [7, 11) is 1.52. The Kier molecular flexibility index (Phi) is 5.06. The molecule has 0 saturated heterocycles. The van der Waals surface area contributed by atoms with E-state index in [-0.39, 0.29) is 0 Å². The Hall–Kier alpha value is -0.0900. The molecule has 1 rings (SSSR count). The first-order valence-electron chi connectivity index (χ1n) is 4.30. The van der Waals surface area contributed by atoms with Crippen molar-refractivity contribution in [1.29, 1.82) is 0 Å². The van der Waals surface area contributed by atoms with Crippen molar-refractivity contribution < 1.29 is 9.84 Å². The van der Waals surface area contributed by atoms with Gasteiger partial charge in [-0.15, -0.1) is 0 Å². The first-order chi connectivity index (χ1) is 7.10. The molecule has 84 valence electrons. The molecular formula is C10H12Cl2O2S. The maximum absolute atomic E-state index is 9.78. The van der Waals surface area contributed by atoms with Gasteiger partial charge < -0.3 is 9.84 Å². The molecule has 0 aliphatic rings. The predicted octanol–water partition coefficient (Wildman–Crippen LogP) is 3.40. The van der Waals surface area contributed by atoms with Crippen LogP contribution in [0.3, 0.4) is 0 Å². The van der Waals surface area contributed by atoms with Crippen molar-refractivity contribution in [3.63, 3.8) is 0 Å². The molecule has 0 radical (unpaired) electrons. The van der Waals surface area contributed by atoms with Gasteiger partial charge in [-0.25, -0.2) is 0 Å². The highest BCUT2D eigenvalue weighted by Gasteiger charge is 2.14. The molecule has 2 nitrogen and oxygen atoms in total. The minimum absolute atomic E-state index is 0.456. The lowest BCUT2D eigenvalue weighted by Gasteiger charge is -2.13. The summed E-state index contributed by atoms with van der Waals surface area (Å²) in [6, 6.07) is 3.26. The smallest absolute Gasteiger partial charge is 0.138 e. The second-order valence-electron chi connectivity index (χ2n) is 2.98. The predicted molar refractivity (Wildman–Crippen MR) is 66.4 cm³/mol. The van der Waals surface area contributed by atoms with Gasteiger partial charge >= 0.3 is 0 Å². The largest absolute Gasteiger partial charge is 0.495 e. The van der Waals surface area contributed by atoms with E-state index in [1.807, 2.05) is 6.26 Å². The molecular weight excluding hydrogens is 255 g/mol. The van der Waals surface area contributed by atoms with Gasteiger partial charge in [-0.3, -0.25) is 0 Å². The molecule has 0 heterocycles. The second-order valence-corrected chi connectivity index (χ2v) is 4.70. The average molecular weight is 267 g/mol. The van der Waals surface area contributed by atoms with Crippen LogP contribution < -0.4 is 4.74 Å². The molecule has 0 amide bonds. The van der Waals surface area contributed by atoms with Crippen molar-refractivity contribution in [2.75, 3.05) is 19.1 Å². The molecule has 0 spiro atoms. The highest BCUT2D eigenvalue weighted by molar-refractivity contribution is 7.98. The van der Waals surface area contributed by atoms with E-state index in [1.54, 1.807) is 23.9 Å². The van der Waals surface area contributed by atoms with Crippen LogP contribution in [0.25, 0.3) is 0 Å². The van der Waals surface area contributed by atoms with E-state index in [1.165, 1.54) is 7.11 Å². The minimum Gasteiger partial charge on any atom is -0.495 e. The van der Waals surface area contributed by atoms with Crippen molar-refractivity contribution in [3.8, 4) is 5.75 Å². The molecule has 15 heavy (non-hydrogen) atoms. The summed E-state index contributed by atoms with van der Waals surface area (Å²) >= 11 is 13.5. The van der Waals surface area contributed by atoms with Crippen molar-refractivity contribution in [3.05, 3.63) is 27.7 Å². The van der Waals surface area contributed by atoms with Gasteiger partial charge in [-0.2, -0.15) is 11.8 Å². The highest BCUT2D eigenvalue weighted by atomic mass is 35.5. The third kappa shape index (κ3) is 3.18. The Morgan fingerprint density at radius 2 is 2.07 bits per heavy atom. The van der Waals surface area contributed by atoms with Gasteiger partial charge in [-0.1, -0.05) is 23.2 Å². The number of thioether (sulfide) groups is 1. The fraction of sp³-hybridized carbons (Fsp3) is 0.400. The Morgan fingerprint density at radius 1 is 1.40 bits per heavy atom. The second kappa shape index (κ2) is 5.85. The first kappa shape index (κ1) is 13.0. The van der Waals surface area contributed by atoms with Crippen LogP contribution in [0.2, 0.25) is 10.0 Å². The lowest BCUT2D eigenvalue weighted by molar-refractivity contribution is 0.204. The number of ether oxygens (including phenoxy) is 1. The molecule has 0 aromatic heterocycles. The highest BCUT2D eigenvalue weighted by Crippen LogP contribution is 2.34. The number of rotatable bonds is 4. The lowest BCUT2D eigenvalue weighted by atomic mass is 10.1. The Labute approximate surface area is 104 Å². The molecule has 1 aromatic carbocycles. The van der Waals surface area contributed by atoms with Crippen molar-refractivity contribution in [2.24, 2.45) is 0 Å². The SMILES string of the molecule is COc1cc(Cl)c(C(O)CSC)cc1Cl. The van der Waals surface area contributed by atoms with Gasteiger partial charge in [0.05, 0.1) is 23.3 Å². The van der Waals surface area contributed by atoms with Crippen molar-refractivity contribution in [1.82, 2.24) is 0 Å². The van der Waals surface area contributed by atoms with Crippen LogP contribution in [0.4, 0.5) is 0 Å². The van der Waals surface area contributed by atoms with Crippen LogP contribution in [0.15, 0.2) is 12.1 Å². The van der Waals surface area contributed by atoms with Crippen LogP contribution in [0, 0.1) is 0 Å². The Bertz CT molecular complexity index is 344. The summed E-state index contributed by atoms with van der Waals surface area (Å²) in [5, 5.41) is 10.7. The van der Waals surface area contributed by atoms with Crippen LogP contribution in [0.5, 0.6) is 5.75 Å². The molecule has 1 N–H and O–H groups in total. The van der Waals surface area contributed by atoms with Crippen LogP contribution in [0.1, 0.15) is 11.7 Å². The summed E-state index contributed by atoms with van der Waals surface area (Å²) in [5.41, 5.74) is 0.636. The number of hydrogen-bond donors (Lipinski definition) is 1. The number of halogens is 2. The van der Waals surface area contributed by atoms with E-state index in [2.05, 4.69) is 0 Å². The molecule has 5 heteroatoms. The van der Waals surface area contributed by atoms with Gasteiger partial charge in [0.2, 0.25) is 0 Å². The normalized spacial score (nSPS) is 12.6. The fourth-order valence-corrected chi connectivity index (χ4v) is 2.23. The number of aliphatic hydroxyl groups is 1. The quantitative estimate of drug-likeness (QED) is 0.906. The van der Waals surface area contributed by atoms with Crippen molar-refractivity contribution in [2.45, 2.75) is 6.10 Å². The van der Waals surface area contributed by atoms with Gasteiger partial charge in [0.15, 0.2) is 0 Å². The summed E-state index contributed by atoms with van der Waals surface area (Å²) in [6.07, 6.45) is 1.32.